The van der Waals surface area contributed by atoms with Crippen molar-refractivity contribution in [2.24, 2.45) is 0 Å². The lowest BCUT2D eigenvalue weighted by Gasteiger charge is -2.34. The summed E-state index contributed by atoms with van der Waals surface area (Å²) in [7, 11) is 0. The Morgan fingerprint density at radius 1 is 1.08 bits per heavy atom. The van der Waals surface area contributed by atoms with Crippen LogP contribution in [0, 0.1) is 6.92 Å². The molecule has 2 aromatic heterocycles. The van der Waals surface area contributed by atoms with Crippen LogP contribution >= 0.6 is 11.3 Å². The van der Waals surface area contributed by atoms with Gasteiger partial charge >= 0.3 is 0 Å². The first-order chi connectivity index (χ1) is 11.8. The molecule has 7 nitrogen and oxygen atoms in total. The van der Waals surface area contributed by atoms with Crippen LogP contribution in [0.25, 0.3) is 5.69 Å². The third kappa shape index (κ3) is 3.15. The third-order valence-electron chi connectivity index (χ3n) is 4.16. The zero-order valence-electron chi connectivity index (χ0n) is 13.5. The van der Waals surface area contributed by atoms with Crippen LogP contribution in [0.15, 0.2) is 35.7 Å². The van der Waals surface area contributed by atoms with Gasteiger partial charge in [0, 0.05) is 38.1 Å². The van der Waals surface area contributed by atoms with Gasteiger partial charge in [-0.15, -0.1) is 11.3 Å². The Hall–Kier alpha value is -2.32. The van der Waals surface area contributed by atoms with E-state index in [-0.39, 0.29) is 0 Å². The fraction of sp³-hybridized carbons (Fsp3) is 0.375. The summed E-state index contributed by atoms with van der Waals surface area (Å²) >= 11 is 1.71. The molecule has 8 heteroatoms. The van der Waals surface area contributed by atoms with E-state index in [4.69, 9.17) is 0 Å². The number of hydrogen-bond donors (Lipinski definition) is 0. The molecule has 1 fully saturated rings. The summed E-state index contributed by atoms with van der Waals surface area (Å²) < 4.78 is 1.81. The highest BCUT2D eigenvalue weighted by Gasteiger charge is 2.22. The van der Waals surface area contributed by atoms with Crippen molar-refractivity contribution >= 4 is 17.3 Å². The molecular weight excluding hydrogens is 322 g/mol. The van der Waals surface area contributed by atoms with Crippen LogP contribution in [-0.4, -0.2) is 56.3 Å². The van der Waals surface area contributed by atoms with E-state index in [1.54, 1.807) is 16.0 Å². The molecule has 1 aromatic carbocycles. The van der Waals surface area contributed by atoms with Crippen molar-refractivity contribution in [1.29, 1.82) is 0 Å². The van der Waals surface area contributed by atoms with Crippen LogP contribution in [0.3, 0.4) is 0 Å². The molecule has 0 bridgehead atoms. The zero-order valence-corrected chi connectivity index (χ0v) is 14.4. The summed E-state index contributed by atoms with van der Waals surface area (Å²) in [5, 5.41) is 15.5. The van der Waals surface area contributed by atoms with E-state index in [9.17, 15) is 0 Å². The van der Waals surface area contributed by atoms with Crippen LogP contribution in [0.2, 0.25) is 0 Å². The summed E-state index contributed by atoms with van der Waals surface area (Å²) in [5.41, 5.74) is 2.15. The van der Waals surface area contributed by atoms with Gasteiger partial charge in [-0.05, 0) is 29.5 Å². The summed E-state index contributed by atoms with van der Waals surface area (Å²) in [6.07, 6.45) is 0. The van der Waals surface area contributed by atoms with Crippen molar-refractivity contribution in [2.45, 2.75) is 13.5 Å². The highest BCUT2D eigenvalue weighted by Crippen LogP contribution is 2.18. The maximum absolute atomic E-state index is 4.55. The number of piperazine rings is 1. The molecule has 1 aliphatic heterocycles. The number of anilines is 1. The van der Waals surface area contributed by atoms with Crippen molar-refractivity contribution in [3.05, 3.63) is 46.4 Å². The minimum atomic E-state index is 0.811. The van der Waals surface area contributed by atoms with Gasteiger partial charge in [0.25, 0.3) is 0 Å². The SMILES string of the molecule is Cc1nc(CN2CCN(c3nnnn3-c3ccccc3)CC2)cs1. The first-order valence-corrected chi connectivity index (χ1v) is 8.90. The third-order valence-corrected chi connectivity index (χ3v) is 4.98. The van der Waals surface area contributed by atoms with Crippen molar-refractivity contribution in [2.75, 3.05) is 31.1 Å². The van der Waals surface area contributed by atoms with E-state index >= 15 is 0 Å². The molecule has 4 rings (SSSR count). The van der Waals surface area contributed by atoms with Gasteiger partial charge in [0.05, 0.1) is 16.4 Å². The summed E-state index contributed by atoms with van der Waals surface area (Å²) in [6.45, 7) is 6.76. The van der Waals surface area contributed by atoms with Gasteiger partial charge in [0.2, 0.25) is 5.95 Å². The van der Waals surface area contributed by atoms with Crippen LogP contribution < -0.4 is 4.90 Å². The molecule has 1 aliphatic rings. The quantitative estimate of drug-likeness (QED) is 0.720. The fourth-order valence-corrected chi connectivity index (χ4v) is 3.54. The molecule has 3 heterocycles. The topological polar surface area (TPSA) is 63.0 Å². The van der Waals surface area contributed by atoms with Gasteiger partial charge in [0.15, 0.2) is 0 Å². The Balaban J connectivity index is 1.42. The van der Waals surface area contributed by atoms with Crippen molar-refractivity contribution in [1.82, 2.24) is 30.1 Å². The molecule has 0 radical (unpaired) electrons. The lowest BCUT2D eigenvalue weighted by molar-refractivity contribution is 0.246. The van der Waals surface area contributed by atoms with Crippen molar-refractivity contribution in [3.8, 4) is 5.69 Å². The molecular formula is C16H19N7S. The minimum absolute atomic E-state index is 0.811. The van der Waals surface area contributed by atoms with E-state index in [1.165, 1.54) is 5.69 Å². The number of thiazole rings is 1. The van der Waals surface area contributed by atoms with E-state index in [2.05, 4.69) is 42.6 Å². The first-order valence-electron chi connectivity index (χ1n) is 8.02. The maximum Gasteiger partial charge on any atom is 0.250 e. The number of para-hydroxylation sites is 1. The number of aryl methyl sites for hydroxylation is 1. The monoisotopic (exact) mass is 341 g/mol. The Kier molecular flexibility index (Phi) is 4.22. The summed E-state index contributed by atoms with van der Waals surface area (Å²) in [6, 6.07) is 10.0. The van der Waals surface area contributed by atoms with Crippen LogP contribution in [0.4, 0.5) is 5.95 Å². The molecule has 0 atom stereocenters. The predicted octanol–water partition coefficient (Wildman–Crippen LogP) is 1.75. The van der Waals surface area contributed by atoms with Crippen molar-refractivity contribution < 1.29 is 0 Å². The fourth-order valence-electron chi connectivity index (χ4n) is 2.93. The molecule has 0 aliphatic carbocycles. The molecule has 124 valence electrons. The molecule has 1 saturated heterocycles. The number of hydrogen-bond acceptors (Lipinski definition) is 7. The lowest BCUT2D eigenvalue weighted by atomic mass is 10.3. The smallest absolute Gasteiger partial charge is 0.250 e. The van der Waals surface area contributed by atoms with Gasteiger partial charge in [-0.25, -0.2) is 4.98 Å². The summed E-state index contributed by atoms with van der Waals surface area (Å²) in [5.74, 6) is 0.811. The highest BCUT2D eigenvalue weighted by atomic mass is 32.1. The van der Waals surface area contributed by atoms with E-state index in [0.29, 0.717) is 0 Å². The molecule has 3 aromatic rings. The number of aromatic nitrogens is 5. The average molecular weight is 341 g/mol. The van der Waals surface area contributed by atoms with Gasteiger partial charge in [-0.1, -0.05) is 23.3 Å². The van der Waals surface area contributed by atoms with Crippen LogP contribution in [0.5, 0.6) is 0 Å². The second-order valence-electron chi connectivity index (χ2n) is 5.85. The highest BCUT2D eigenvalue weighted by molar-refractivity contribution is 7.09. The van der Waals surface area contributed by atoms with Gasteiger partial charge in [0.1, 0.15) is 0 Å². The zero-order chi connectivity index (χ0) is 16.4. The van der Waals surface area contributed by atoms with Crippen molar-refractivity contribution in [3.63, 3.8) is 0 Å². The average Bonchev–Trinajstić information content (AvgIpc) is 3.26. The van der Waals surface area contributed by atoms with E-state index in [1.807, 2.05) is 30.3 Å². The lowest BCUT2D eigenvalue weighted by Crippen LogP contribution is -2.46. The second-order valence-corrected chi connectivity index (χ2v) is 6.91. The van der Waals surface area contributed by atoms with E-state index < -0.39 is 0 Å². The first kappa shape index (κ1) is 15.2. The molecule has 0 N–H and O–H groups in total. The normalized spacial score (nSPS) is 15.8. The standard InChI is InChI=1S/C16H19N7S/c1-13-17-14(12-24-13)11-21-7-9-22(10-8-21)16-18-19-20-23(16)15-5-3-2-4-6-15/h2-6,12H,7-11H2,1H3. The Labute approximate surface area is 144 Å². The maximum atomic E-state index is 4.55. The molecule has 0 amide bonds. The number of benzene rings is 1. The number of tetrazole rings is 1. The van der Waals surface area contributed by atoms with Gasteiger partial charge < -0.3 is 4.90 Å². The summed E-state index contributed by atoms with van der Waals surface area (Å²) in [4.78, 5) is 9.23. The van der Waals surface area contributed by atoms with E-state index in [0.717, 1.165) is 49.4 Å². The number of rotatable bonds is 4. The van der Waals surface area contributed by atoms with Crippen LogP contribution in [0.1, 0.15) is 10.7 Å². The molecule has 0 unspecified atom stereocenters. The Morgan fingerprint density at radius 3 is 2.58 bits per heavy atom. The second kappa shape index (κ2) is 6.66. The largest absolute Gasteiger partial charge is 0.337 e. The molecule has 24 heavy (non-hydrogen) atoms. The predicted molar refractivity (Wildman–Crippen MR) is 93.5 cm³/mol. The minimum Gasteiger partial charge on any atom is -0.337 e. The van der Waals surface area contributed by atoms with Crippen LogP contribution in [-0.2, 0) is 6.54 Å². The van der Waals surface area contributed by atoms with Gasteiger partial charge in [-0.3, -0.25) is 4.90 Å². The molecule has 0 spiro atoms. The molecule has 0 saturated carbocycles. The number of nitrogens with zero attached hydrogens (tertiary/aromatic N) is 7. The Bertz CT molecular complexity index is 790. The Morgan fingerprint density at radius 2 is 1.88 bits per heavy atom. The van der Waals surface area contributed by atoms with Gasteiger partial charge in [-0.2, -0.15) is 4.68 Å².